The number of rotatable bonds is 5. The number of nitrogens with zero attached hydrogens (tertiary/aromatic N) is 2. The number of hydrogen-bond acceptors (Lipinski definition) is 4. The molecule has 1 N–H and O–H groups in total. The molecule has 0 radical (unpaired) electrons. The number of piperidine rings is 2. The number of ether oxygens (including phenoxy) is 2. The van der Waals surface area contributed by atoms with Gasteiger partial charge in [-0.05, 0) is 56.8 Å². The third-order valence-electron chi connectivity index (χ3n) is 6.53. The number of methoxy groups -OCH3 is 2. The summed E-state index contributed by atoms with van der Waals surface area (Å²) in [6.07, 6.45) is 6.36. The molecule has 4 rings (SSSR count). The zero-order valence-electron chi connectivity index (χ0n) is 17.2. The van der Waals surface area contributed by atoms with E-state index in [-0.39, 0.29) is 5.91 Å². The SMILES string of the molecule is COc1cc2cc(C(=O)NC[C@@H]3CCCN4CCCC[C@@H]34)n(C)c2cc1OC. The maximum atomic E-state index is 12.9. The van der Waals surface area contributed by atoms with Gasteiger partial charge in [0, 0.05) is 31.1 Å². The van der Waals surface area contributed by atoms with Gasteiger partial charge >= 0.3 is 0 Å². The van der Waals surface area contributed by atoms with Gasteiger partial charge in [-0.3, -0.25) is 4.79 Å². The lowest BCUT2D eigenvalue weighted by Crippen LogP contribution is -2.51. The van der Waals surface area contributed by atoms with Crippen molar-refractivity contribution in [2.24, 2.45) is 13.0 Å². The minimum atomic E-state index is -0.00966. The summed E-state index contributed by atoms with van der Waals surface area (Å²) in [7, 11) is 5.17. The molecular weight excluding hydrogens is 354 g/mol. The van der Waals surface area contributed by atoms with Crippen molar-refractivity contribution in [3.05, 3.63) is 23.9 Å². The predicted octanol–water partition coefficient (Wildman–Crippen LogP) is 3.19. The molecule has 28 heavy (non-hydrogen) atoms. The normalized spacial score (nSPS) is 22.7. The Bertz CT molecular complexity index is 858. The number of amides is 1. The first-order valence-electron chi connectivity index (χ1n) is 10.4. The van der Waals surface area contributed by atoms with Crippen molar-refractivity contribution in [3.63, 3.8) is 0 Å². The molecule has 2 fully saturated rings. The largest absolute Gasteiger partial charge is 0.493 e. The highest BCUT2D eigenvalue weighted by Crippen LogP contribution is 2.34. The fourth-order valence-corrected chi connectivity index (χ4v) is 5.01. The van der Waals surface area contributed by atoms with Crippen molar-refractivity contribution in [2.45, 2.75) is 38.1 Å². The first-order chi connectivity index (χ1) is 13.6. The minimum absolute atomic E-state index is 0.00966. The number of benzene rings is 1. The van der Waals surface area contributed by atoms with E-state index in [1.54, 1.807) is 14.2 Å². The van der Waals surface area contributed by atoms with Crippen molar-refractivity contribution in [1.82, 2.24) is 14.8 Å². The number of aryl methyl sites for hydroxylation is 1. The van der Waals surface area contributed by atoms with Gasteiger partial charge in [-0.2, -0.15) is 0 Å². The van der Waals surface area contributed by atoms with Crippen molar-refractivity contribution in [1.29, 1.82) is 0 Å². The predicted molar refractivity (Wildman–Crippen MR) is 110 cm³/mol. The summed E-state index contributed by atoms with van der Waals surface area (Å²) >= 11 is 0. The average molecular weight is 386 g/mol. The van der Waals surface area contributed by atoms with E-state index in [0.29, 0.717) is 29.2 Å². The Morgan fingerprint density at radius 1 is 1.07 bits per heavy atom. The quantitative estimate of drug-likeness (QED) is 0.859. The van der Waals surface area contributed by atoms with E-state index in [9.17, 15) is 4.79 Å². The van der Waals surface area contributed by atoms with Crippen LogP contribution in [-0.2, 0) is 7.05 Å². The van der Waals surface area contributed by atoms with E-state index in [4.69, 9.17) is 9.47 Å². The molecule has 1 aromatic heterocycles. The molecule has 1 amide bonds. The molecule has 3 heterocycles. The van der Waals surface area contributed by atoms with E-state index >= 15 is 0 Å². The molecule has 0 saturated carbocycles. The third kappa shape index (κ3) is 3.46. The van der Waals surface area contributed by atoms with E-state index in [1.807, 2.05) is 29.8 Å². The van der Waals surface area contributed by atoms with Gasteiger partial charge in [0.05, 0.1) is 19.7 Å². The summed E-state index contributed by atoms with van der Waals surface area (Å²) in [5.41, 5.74) is 1.63. The smallest absolute Gasteiger partial charge is 0.267 e. The Kier molecular flexibility index (Phi) is 5.49. The Hall–Kier alpha value is -2.21. The highest BCUT2D eigenvalue weighted by Gasteiger charge is 2.33. The minimum Gasteiger partial charge on any atom is -0.493 e. The average Bonchev–Trinajstić information content (AvgIpc) is 3.06. The van der Waals surface area contributed by atoms with Crippen LogP contribution in [-0.4, -0.2) is 55.3 Å². The summed E-state index contributed by atoms with van der Waals surface area (Å²) in [4.78, 5) is 15.6. The topological polar surface area (TPSA) is 55.7 Å². The van der Waals surface area contributed by atoms with Crippen LogP contribution in [0.25, 0.3) is 10.9 Å². The van der Waals surface area contributed by atoms with Crippen LogP contribution in [0.1, 0.15) is 42.6 Å². The zero-order valence-corrected chi connectivity index (χ0v) is 17.2. The highest BCUT2D eigenvalue weighted by atomic mass is 16.5. The molecule has 6 heteroatoms. The lowest BCUT2D eigenvalue weighted by molar-refractivity contribution is 0.0574. The number of carbonyl (C=O) groups excluding carboxylic acids is 1. The van der Waals surface area contributed by atoms with Crippen LogP contribution in [0.3, 0.4) is 0 Å². The molecule has 1 aromatic carbocycles. The molecule has 2 saturated heterocycles. The van der Waals surface area contributed by atoms with Crippen LogP contribution in [0.15, 0.2) is 18.2 Å². The molecular formula is C22H31N3O3. The molecule has 0 spiro atoms. The first kappa shape index (κ1) is 19.1. The van der Waals surface area contributed by atoms with Gasteiger partial charge in [-0.25, -0.2) is 0 Å². The molecule has 0 bridgehead atoms. The molecule has 0 aliphatic carbocycles. The van der Waals surface area contributed by atoms with E-state index < -0.39 is 0 Å². The fraction of sp³-hybridized carbons (Fsp3) is 0.591. The highest BCUT2D eigenvalue weighted by molar-refractivity contribution is 5.99. The van der Waals surface area contributed by atoms with Crippen molar-refractivity contribution in [3.8, 4) is 11.5 Å². The van der Waals surface area contributed by atoms with E-state index in [0.717, 1.165) is 17.4 Å². The molecule has 152 valence electrons. The van der Waals surface area contributed by atoms with E-state index in [1.165, 1.54) is 45.2 Å². The Balaban J connectivity index is 1.50. The van der Waals surface area contributed by atoms with Gasteiger partial charge in [0.25, 0.3) is 5.91 Å². The summed E-state index contributed by atoms with van der Waals surface area (Å²) in [6, 6.07) is 6.42. The summed E-state index contributed by atoms with van der Waals surface area (Å²) < 4.78 is 12.7. The maximum absolute atomic E-state index is 12.9. The lowest BCUT2D eigenvalue weighted by Gasteiger charge is -2.44. The first-order valence-corrected chi connectivity index (χ1v) is 10.4. The van der Waals surface area contributed by atoms with Crippen molar-refractivity contribution < 1.29 is 14.3 Å². The molecule has 2 atom stereocenters. The summed E-state index contributed by atoms with van der Waals surface area (Å²) in [5, 5.41) is 4.19. The van der Waals surface area contributed by atoms with Gasteiger partial charge in [-0.15, -0.1) is 0 Å². The van der Waals surface area contributed by atoms with Crippen LogP contribution in [0, 0.1) is 5.92 Å². The number of carbonyl (C=O) groups is 1. The standard InChI is InChI=1S/C22H31N3O3/c1-24-18-13-21(28-3)20(27-2)12-16(18)11-19(24)22(26)23-14-15-7-6-10-25-9-5-4-8-17(15)25/h11-13,15,17H,4-10,14H2,1-3H3,(H,23,26)/t15-,17-/m0/s1. The van der Waals surface area contributed by atoms with Crippen LogP contribution in [0.4, 0.5) is 0 Å². The molecule has 0 unspecified atom stereocenters. The summed E-state index contributed by atoms with van der Waals surface area (Å²) in [5.74, 6) is 1.90. The second kappa shape index (κ2) is 8.03. The molecule has 6 nitrogen and oxygen atoms in total. The summed E-state index contributed by atoms with van der Waals surface area (Å²) in [6.45, 7) is 3.21. The monoisotopic (exact) mass is 385 g/mol. The van der Waals surface area contributed by atoms with E-state index in [2.05, 4.69) is 10.2 Å². The van der Waals surface area contributed by atoms with Crippen LogP contribution < -0.4 is 14.8 Å². The Morgan fingerprint density at radius 2 is 1.82 bits per heavy atom. The van der Waals surface area contributed by atoms with Crippen LogP contribution in [0.2, 0.25) is 0 Å². The van der Waals surface area contributed by atoms with Gasteiger partial charge in [0.2, 0.25) is 0 Å². The maximum Gasteiger partial charge on any atom is 0.267 e. The van der Waals surface area contributed by atoms with Gasteiger partial charge in [-0.1, -0.05) is 6.42 Å². The molecule has 2 aliphatic heterocycles. The van der Waals surface area contributed by atoms with Crippen LogP contribution >= 0.6 is 0 Å². The number of hydrogen-bond donors (Lipinski definition) is 1. The van der Waals surface area contributed by atoms with Crippen molar-refractivity contribution >= 4 is 16.8 Å². The Morgan fingerprint density at radius 3 is 2.61 bits per heavy atom. The molecule has 2 aromatic rings. The Labute approximate surface area is 166 Å². The number of nitrogens with one attached hydrogen (secondary N) is 1. The fourth-order valence-electron chi connectivity index (χ4n) is 5.01. The zero-order chi connectivity index (χ0) is 19.7. The van der Waals surface area contributed by atoms with Crippen molar-refractivity contribution in [2.75, 3.05) is 33.9 Å². The van der Waals surface area contributed by atoms with Gasteiger partial charge in [0.15, 0.2) is 11.5 Å². The lowest BCUT2D eigenvalue weighted by atomic mass is 9.83. The number of aromatic nitrogens is 1. The third-order valence-corrected chi connectivity index (χ3v) is 6.53. The second-order valence-electron chi connectivity index (χ2n) is 8.07. The van der Waals surface area contributed by atoms with Crippen LogP contribution in [0.5, 0.6) is 11.5 Å². The second-order valence-corrected chi connectivity index (χ2v) is 8.07. The van der Waals surface area contributed by atoms with Gasteiger partial charge in [0.1, 0.15) is 5.69 Å². The number of fused-ring (bicyclic) bond motifs is 2. The molecule has 2 aliphatic rings. The van der Waals surface area contributed by atoms with Gasteiger partial charge < -0.3 is 24.3 Å².